The molecule has 33 heavy (non-hydrogen) atoms. The van der Waals surface area contributed by atoms with Gasteiger partial charge < -0.3 is 14.6 Å². The minimum absolute atomic E-state index is 0.0283. The summed E-state index contributed by atoms with van der Waals surface area (Å²) < 4.78 is 10.8. The molecule has 0 bridgehead atoms. The largest absolute Gasteiger partial charge is 0.511 e. The minimum Gasteiger partial charge on any atom is -0.511 e. The Morgan fingerprint density at radius 3 is 1.91 bits per heavy atom. The number of carbonyl (C=O) groups excluding carboxylic acids is 2. The Labute approximate surface area is 198 Å². The molecule has 3 rings (SSSR count). The van der Waals surface area contributed by atoms with Crippen molar-refractivity contribution in [2.45, 2.75) is 109 Å². The third kappa shape index (κ3) is 8.53. The molecule has 1 heterocycles. The van der Waals surface area contributed by atoms with Crippen LogP contribution in [-0.2, 0) is 16.0 Å². The van der Waals surface area contributed by atoms with Crippen LogP contribution in [0.25, 0.3) is 0 Å². The zero-order chi connectivity index (χ0) is 23.3. The van der Waals surface area contributed by atoms with E-state index in [9.17, 15) is 14.7 Å². The van der Waals surface area contributed by atoms with Crippen molar-refractivity contribution in [3.8, 4) is 11.5 Å². The zero-order valence-electron chi connectivity index (χ0n) is 20.0. The Bertz CT molecular complexity index is 793. The maximum atomic E-state index is 11.8. The number of carbonyl (C=O) groups is 2. The number of Topliss-reactive ketones (excluding diaryl/α,β-unsaturated/α-hetero) is 2. The molecule has 1 fully saturated rings. The molecule has 0 atom stereocenters. The lowest BCUT2D eigenvalue weighted by Crippen LogP contribution is -2.20. The summed E-state index contributed by atoms with van der Waals surface area (Å²) in [7, 11) is 0. The lowest BCUT2D eigenvalue weighted by molar-refractivity contribution is -0.124. The summed E-state index contributed by atoms with van der Waals surface area (Å²) in [6, 6.07) is 6.27. The van der Waals surface area contributed by atoms with E-state index < -0.39 is 0 Å². The molecule has 0 aromatic heterocycles. The molecule has 0 saturated heterocycles. The van der Waals surface area contributed by atoms with Gasteiger partial charge >= 0.3 is 0 Å². The molecule has 2 aliphatic rings. The Balaban J connectivity index is 1.10. The number of aliphatic hydroxyl groups excluding tert-OH is 1. The molecule has 182 valence electrons. The van der Waals surface area contributed by atoms with E-state index in [0.717, 1.165) is 37.2 Å². The molecule has 0 unspecified atom stereocenters. The Morgan fingerprint density at radius 2 is 1.27 bits per heavy atom. The van der Waals surface area contributed by atoms with Crippen LogP contribution in [0.5, 0.6) is 11.5 Å². The van der Waals surface area contributed by atoms with Crippen LogP contribution >= 0.6 is 0 Å². The summed E-state index contributed by atoms with van der Waals surface area (Å²) in [6.45, 7) is 0.341. The first-order chi connectivity index (χ1) is 16.1. The standard InChI is InChI=1S/C28H40O5/c29-23(28-24(30)16-13-17-25(28)31)15-12-10-8-6-4-2-1-3-5-7-9-11-14-22-18-19-26-27(20-22)33-21-32-26/h18-20,29H,1-17,21H2. The Morgan fingerprint density at radius 1 is 0.727 bits per heavy atom. The highest BCUT2D eigenvalue weighted by Gasteiger charge is 2.26. The predicted molar refractivity (Wildman–Crippen MR) is 130 cm³/mol. The van der Waals surface area contributed by atoms with Crippen LogP contribution in [0, 0.1) is 0 Å². The second-order valence-electron chi connectivity index (χ2n) is 9.45. The first-order valence-electron chi connectivity index (χ1n) is 13.0. The lowest BCUT2D eigenvalue weighted by atomic mass is 9.90. The number of aliphatic hydroxyl groups is 1. The van der Waals surface area contributed by atoms with E-state index in [-0.39, 0.29) is 22.9 Å². The van der Waals surface area contributed by atoms with Gasteiger partial charge in [-0.1, -0.05) is 70.3 Å². The molecule has 1 aromatic rings. The summed E-state index contributed by atoms with van der Waals surface area (Å²) in [5, 5.41) is 10.1. The third-order valence-corrected chi connectivity index (χ3v) is 6.72. The van der Waals surface area contributed by atoms with Gasteiger partial charge in [-0.15, -0.1) is 0 Å². The number of ketones is 2. The fraction of sp³-hybridized carbons (Fsp3) is 0.643. The molecule has 1 aromatic carbocycles. The maximum Gasteiger partial charge on any atom is 0.231 e. The molecule has 1 saturated carbocycles. The van der Waals surface area contributed by atoms with E-state index in [1.807, 2.05) is 6.07 Å². The zero-order valence-corrected chi connectivity index (χ0v) is 20.0. The van der Waals surface area contributed by atoms with E-state index in [4.69, 9.17) is 9.47 Å². The van der Waals surface area contributed by atoms with Crippen molar-refractivity contribution in [2.75, 3.05) is 6.79 Å². The van der Waals surface area contributed by atoms with Crippen molar-refractivity contribution in [1.29, 1.82) is 0 Å². The molecule has 0 amide bonds. The number of rotatable bonds is 15. The summed E-state index contributed by atoms with van der Waals surface area (Å²) >= 11 is 0. The van der Waals surface area contributed by atoms with Gasteiger partial charge in [0.05, 0.1) is 5.57 Å². The topological polar surface area (TPSA) is 72.8 Å². The minimum atomic E-state index is -0.173. The third-order valence-electron chi connectivity index (χ3n) is 6.72. The Kier molecular flexibility index (Phi) is 10.8. The maximum absolute atomic E-state index is 11.8. The molecular formula is C28H40O5. The lowest BCUT2D eigenvalue weighted by Gasteiger charge is -2.13. The second-order valence-corrected chi connectivity index (χ2v) is 9.45. The van der Waals surface area contributed by atoms with E-state index in [2.05, 4.69) is 12.1 Å². The van der Waals surface area contributed by atoms with Gasteiger partial charge in [0.1, 0.15) is 5.76 Å². The number of benzene rings is 1. The SMILES string of the molecule is O=C1CCCC(=O)C1=C(O)CCCCCCCCCCCCCCc1ccc2c(c1)OCO2. The highest BCUT2D eigenvalue weighted by Crippen LogP contribution is 2.33. The average molecular weight is 457 g/mol. The van der Waals surface area contributed by atoms with Crippen LogP contribution in [0.2, 0.25) is 0 Å². The van der Waals surface area contributed by atoms with Crippen LogP contribution < -0.4 is 9.47 Å². The summed E-state index contributed by atoms with van der Waals surface area (Å²) in [5.41, 5.74) is 1.43. The van der Waals surface area contributed by atoms with E-state index in [1.54, 1.807) is 0 Å². The van der Waals surface area contributed by atoms with Crippen molar-refractivity contribution < 1.29 is 24.2 Å². The van der Waals surface area contributed by atoms with Crippen LogP contribution in [0.1, 0.15) is 108 Å². The molecule has 0 radical (unpaired) electrons. The molecular weight excluding hydrogens is 416 g/mol. The van der Waals surface area contributed by atoms with Gasteiger partial charge in [0.25, 0.3) is 0 Å². The molecule has 1 aliphatic carbocycles. The highest BCUT2D eigenvalue weighted by atomic mass is 16.7. The van der Waals surface area contributed by atoms with E-state index >= 15 is 0 Å². The Hall–Kier alpha value is -2.30. The fourth-order valence-corrected chi connectivity index (χ4v) is 4.75. The summed E-state index contributed by atoms with van der Waals surface area (Å²) in [6.07, 6.45) is 17.6. The van der Waals surface area contributed by atoms with Gasteiger partial charge in [0, 0.05) is 19.3 Å². The van der Waals surface area contributed by atoms with Gasteiger partial charge in [-0.2, -0.15) is 0 Å². The fourth-order valence-electron chi connectivity index (χ4n) is 4.75. The number of aryl methyl sites for hydroxylation is 1. The second kappa shape index (κ2) is 14.1. The van der Waals surface area contributed by atoms with Crippen molar-refractivity contribution in [1.82, 2.24) is 0 Å². The number of allylic oxidation sites excluding steroid dienone is 2. The van der Waals surface area contributed by atoms with Crippen molar-refractivity contribution in [3.63, 3.8) is 0 Å². The van der Waals surface area contributed by atoms with Gasteiger partial charge in [-0.25, -0.2) is 0 Å². The van der Waals surface area contributed by atoms with Gasteiger partial charge in [0.15, 0.2) is 23.1 Å². The monoisotopic (exact) mass is 456 g/mol. The summed E-state index contributed by atoms with van der Waals surface area (Å²) in [4.78, 5) is 23.7. The first kappa shape index (κ1) is 25.3. The van der Waals surface area contributed by atoms with Crippen LogP contribution in [0.3, 0.4) is 0 Å². The summed E-state index contributed by atoms with van der Waals surface area (Å²) in [5.74, 6) is 1.43. The van der Waals surface area contributed by atoms with Gasteiger partial charge in [-0.3, -0.25) is 9.59 Å². The number of hydrogen-bond acceptors (Lipinski definition) is 5. The van der Waals surface area contributed by atoms with E-state index in [0.29, 0.717) is 32.5 Å². The molecule has 0 spiro atoms. The average Bonchev–Trinajstić information content (AvgIpc) is 3.27. The number of ether oxygens (including phenoxy) is 2. The number of hydrogen-bond donors (Lipinski definition) is 1. The number of fused-ring (bicyclic) bond motifs is 1. The van der Waals surface area contributed by atoms with Crippen LogP contribution in [-0.4, -0.2) is 23.5 Å². The molecule has 5 heteroatoms. The van der Waals surface area contributed by atoms with Crippen molar-refractivity contribution in [2.24, 2.45) is 0 Å². The van der Waals surface area contributed by atoms with E-state index in [1.165, 1.54) is 63.4 Å². The predicted octanol–water partition coefficient (Wildman–Crippen LogP) is 7.16. The highest BCUT2D eigenvalue weighted by molar-refractivity contribution is 6.21. The number of unbranched alkanes of at least 4 members (excludes halogenated alkanes) is 11. The van der Waals surface area contributed by atoms with Crippen LogP contribution in [0.4, 0.5) is 0 Å². The van der Waals surface area contributed by atoms with Crippen molar-refractivity contribution in [3.05, 3.63) is 35.1 Å². The first-order valence-corrected chi connectivity index (χ1v) is 13.0. The smallest absolute Gasteiger partial charge is 0.231 e. The van der Waals surface area contributed by atoms with Gasteiger partial charge in [-0.05, 0) is 43.4 Å². The quantitative estimate of drug-likeness (QED) is 0.131. The van der Waals surface area contributed by atoms with Crippen LogP contribution in [0.15, 0.2) is 29.5 Å². The van der Waals surface area contributed by atoms with Gasteiger partial charge in [0.2, 0.25) is 6.79 Å². The normalized spacial score (nSPS) is 15.3. The molecule has 1 aliphatic heterocycles. The molecule has 1 N–H and O–H groups in total. The van der Waals surface area contributed by atoms with Crippen molar-refractivity contribution >= 4 is 11.6 Å². The molecule has 5 nitrogen and oxygen atoms in total.